The van der Waals surface area contributed by atoms with Crippen LogP contribution in [0.1, 0.15) is 11.4 Å². The highest BCUT2D eigenvalue weighted by Gasteiger charge is 2.17. The van der Waals surface area contributed by atoms with Crippen LogP contribution in [0.3, 0.4) is 0 Å². The van der Waals surface area contributed by atoms with Gasteiger partial charge in [-0.2, -0.15) is 0 Å². The second kappa shape index (κ2) is 5.98. The van der Waals surface area contributed by atoms with E-state index in [0.29, 0.717) is 6.54 Å². The average Bonchev–Trinajstić information content (AvgIpc) is 3.07. The second-order valence-electron chi connectivity index (χ2n) is 4.99. The lowest BCUT2D eigenvalue weighted by Crippen LogP contribution is -2.06. The third-order valence-corrected chi connectivity index (χ3v) is 4.55. The van der Waals surface area contributed by atoms with E-state index in [2.05, 4.69) is 14.8 Å². The summed E-state index contributed by atoms with van der Waals surface area (Å²) in [6.45, 7) is 2.62. The van der Waals surface area contributed by atoms with Crippen molar-refractivity contribution in [1.29, 1.82) is 0 Å². The van der Waals surface area contributed by atoms with E-state index >= 15 is 0 Å². The molecule has 0 amide bonds. The van der Waals surface area contributed by atoms with Crippen molar-refractivity contribution in [1.82, 2.24) is 9.38 Å². The minimum absolute atomic E-state index is 0.596. The summed E-state index contributed by atoms with van der Waals surface area (Å²) in [7, 11) is 3.34. The highest BCUT2D eigenvalue weighted by atomic mass is 32.1. The first kappa shape index (κ1) is 14.9. The zero-order valence-electron chi connectivity index (χ0n) is 12.9. The molecule has 0 saturated heterocycles. The number of nitrogens with two attached hydrogens (primary N) is 1. The molecule has 0 aliphatic carbocycles. The minimum atomic E-state index is 0.596. The van der Waals surface area contributed by atoms with Gasteiger partial charge in [0.05, 0.1) is 25.6 Å². The van der Waals surface area contributed by atoms with Crippen LogP contribution in [0.15, 0.2) is 23.6 Å². The molecule has 0 bridgehead atoms. The molecule has 0 unspecified atom stereocenters. The van der Waals surface area contributed by atoms with Crippen molar-refractivity contribution < 1.29 is 9.47 Å². The molecule has 0 saturated carbocycles. The highest BCUT2D eigenvalue weighted by Crippen LogP contribution is 2.36. The lowest BCUT2D eigenvalue weighted by molar-refractivity contribution is 0.404. The van der Waals surface area contributed by atoms with Crippen LogP contribution in [0.4, 0.5) is 0 Å². The fourth-order valence-corrected chi connectivity index (χ4v) is 3.60. The number of benzene rings is 1. The van der Waals surface area contributed by atoms with Gasteiger partial charge < -0.3 is 15.2 Å². The molecular formula is C16H19N3O2S. The van der Waals surface area contributed by atoms with Gasteiger partial charge in [0.15, 0.2) is 4.96 Å². The molecule has 0 aliphatic rings. The quantitative estimate of drug-likeness (QED) is 0.786. The number of nitrogens with zero attached hydrogens (tertiary/aromatic N) is 2. The van der Waals surface area contributed by atoms with Crippen molar-refractivity contribution in [3.8, 4) is 22.8 Å². The van der Waals surface area contributed by atoms with Crippen LogP contribution in [0, 0.1) is 6.92 Å². The van der Waals surface area contributed by atoms with Crippen molar-refractivity contribution in [3.63, 3.8) is 0 Å². The van der Waals surface area contributed by atoms with E-state index in [0.717, 1.165) is 45.5 Å². The minimum Gasteiger partial charge on any atom is -0.497 e. The lowest BCUT2D eigenvalue weighted by Gasteiger charge is -2.11. The molecule has 5 nitrogen and oxygen atoms in total. The normalized spacial score (nSPS) is 11.1. The number of aryl methyl sites for hydroxylation is 1. The van der Waals surface area contributed by atoms with Gasteiger partial charge in [-0.25, -0.2) is 4.98 Å². The molecule has 116 valence electrons. The Kier molecular flexibility index (Phi) is 4.04. The Labute approximate surface area is 133 Å². The molecule has 22 heavy (non-hydrogen) atoms. The Morgan fingerprint density at radius 1 is 1.27 bits per heavy atom. The van der Waals surface area contributed by atoms with Gasteiger partial charge in [-0.05, 0) is 31.7 Å². The number of thiazole rings is 1. The third kappa shape index (κ3) is 2.34. The van der Waals surface area contributed by atoms with Gasteiger partial charge in [-0.1, -0.05) is 0 Å². The topological polar surface area (TPSA) is 61.8 Å². The van der Waals surface area contributed by atoms with Crippen LogP contribution >= 0.6 is 11.3 Å². The van der Waals surface area contributed by atoms with Crippen LogP contribution < -0.4 is 15.2 Å². The Morgan fingerprint density at radius 3 is 2.77 bits per heavy atom. The SMILES string of the molecule is COc1ccc(OC)c(-c2csc3nc(C)c(CCN)n23)c1. The van der Waals surface area contributed by atoms with E-state index < -0.39 is 0 Å². The molecule has 3 rings (SSSR count). The van der Waals surface area contributed by atoms with Gasteiger partial charge >= 0.3 is 0 Å². The molecule has 0 aliphatic heterocycles. The number of ether oxygens (including phenoxy) is 2. The van der Waals surface area contributed by atoms with E-state index in [1.165, 1.54) is 0 Å². The zero-order chi connectivity index (χ0) is 15.7. The van der Waals surface area contributed by atoms with Crippen molar-refractivity contribution in [3.05, 3.63) is 35.0 Å². The molecule has 3 aromatic rings. The molecule has 0 spiro atoms. The monoisotopic (exact) mass is 317 g/mol. The number of fused-ring (bicyclic) bond motifs is 1. The summed E-state index contributed by atoms with van der Waals surface area (Å²) in [6, 6.07) is 5.80. The van der Waals surface area contributed by atoms with Crippen molar-refractivity contribution >= 4 is 16.3 Å². The van der Waals surface area contributed by atoms with E-state index in [9.17, 15) is 0 Å². The van der Waals surface area contributed by atoms with Gasteiger partial charge in [0.1, 0.15) is 11.5 Å². The van der Waals surface area contributed by atoms with Gasteiger partial charge in [0.2, 0.25) is 0 Å². The summed E-state index contributed by atoms with van der Waals surface area (Å²) in [5.74, 6) is 1.61. The Morgan fingerprint density at radius 2 is 2.09 bits per heavy atom. The molecule has 2 N–H and O–H groups in total. The Balaban J connectivity index is 2.26. The molecular weight excluding hydrogens is 298 g/mol. The molecule has 1 aromatic carbocycles. The van der Waals surface area contributed by atoms with Gasteiger partial charge in [-0.15, -0.1) is 11.3 Å². The maximum absolute atomic E-state index is 5.76. The van der Waals surface area contributed by atoms with Crippen LogP contribution in [-0.2, 0) is 6.42 Å². The van der Waals surface area contributed by atoms with Crippen molar-refractivity contribution in [2.24, 2.45) is 5.73 Å². The molecule has 0 fully saturated rings. The van der Waals surface area contributed by atoms with Crippen LogP contribution in [0.5, 0.6) is 11.5 Å². The summed E-state index contributed by atoms with van der Waals surface area (Å²) in [5.41, 5.74) is 9.98. The maximum Gasteiger partial charge on any atom is 0.194 e. The van der Waals surface area contributed by atoms with Crippen LogP contribution in [0.2, 0.25) is 0 Å². The summed E-state index contributed by atoms with van der Waals surface area (Å²) in [5, 5.41) is 2.10. The number of rotatable bonds is 5. The first-order valence-electron chi connectivity index (χ1n) is 7.07. The van der Waals surface area contributed by atoms with E-state index in [4.69, 9.17) is 15.2 Å². The molecule has 2 aromatic heterocycles. The standard InChI is InChI=1S/C16H19N3O2S/c1-10-13(6-7-17)19-14(9-22-16(19)18-10)12-8-11(20-2)4-5-15(12)21-3/h4-5,8-9H,6-7,17H2,1-3H3. The first-order valence-corrected chi connectivity index (χ1v) is 7.95. The summed E-state index contributed by atoms with van der Waals surface area (Å²) in [4.78, 5) is 5.60. The zero-order valence-corrected chi connectivity index (χ0v) is 13.7. The molecule has 6 heteroatoms. The second-order valence-corrected chi connectivity index (χ2v) is 5.82. The fourth-order valence-electron chi connectivity index (χ4n) is 2.65. The van der Waals surface area contributed by atoms with Gasteiger partial charge in [0.25, 0.3) is 0 Å². The summed E-state index contributed by atoms with van der Waals surface area (Å²) < 4.78 is 13.0. The first-order chi connectivity index (χ1) is 10.7. The Bertz CT molecular complexity index is 807. The number of methoxy groups -OCH3 is 2. The van der Waals surface area contributed by atoms with Crippen LogP contribution in [0.25, 0.3) is 16.2 Å². The van der Waals surface area contributed by atoms with E-state index in [1.54, 1.807) is 25.6 Å². The average molecular weight is 317 g/mol. The maximum atomic E-state index is 5.76. The smallest absolute Gasteiger partial charge is 0.194 e. The van der Waals surface area contributed by atoms with E-state index in [1.807, 2.05) is 25.1 Å². The van der Waals surface area contributed by atoms with E-state index in [-0.39, 0.29) is 0 Å². The summed E-state index contributed by atoms with van der Waals surface area (Å²) in [6.07, 6.45) is 0.795. The number of hydrogen-bond donors (Lipinski definition) is 1. The lowest BCUT2D eigenvalue weighted by atomic mass is 10.1. The van der Waals surface area contributed by atoms with Crippen LogP contribution in [-0.4, -0.2) is 30.1 Å². The van der Waals surface area contributed by atoms with Crippen molar-refractivity contribution in [2.45, 2.75) is 13.3 Å². The number of aromatic nitrogens is 2. The van der Waals surface area contributed by atoms with Gasteiger partial charge in [0, 0.05) is 23.1 Å². The summed E-state index contributed by atoms with van der Waals surface area (Å²) >= 11 is 1.62. The predicted octanol–water partition coefficient (Wildman–Crippen LogP) is 2.89. The van der Waals surface area contributed by atoms with Gasteiger partial charge in [-0.3, -0.25) is 4.40 Å². The third-order valence-electron chi connectivity index (χ3n) is 3.72. The highest BCUT2D eigenvalue weighted by molar-refractivity contribution is 7.15. The number of hydrogen-bond acceptors (Lipinski definition) is 5. The molecule has 0 radical (unpaired) electrons. The largest absolute Gasteiger partial charge is 0.497 e. The van der Waals surface area contributed by atoms with Crippen molar-refractivity contribution in [2.75, 3.05) is 20.8 Å². The molecule has 2 heterocycles. The fraction of sp³-hybridized carbons (Fsp3) is 0.312. The Hall–Kier alpha value is -2.05. The molecule has 0 atom stereocenters. The number of imidazole rings is 1. The predicted molar refractivity (Wildman–Crippen MR) is 89.1 cm³/mol.